The van der Waals surface area contributed by atoms with Gasteiger partial charge in [-0.2, -0.15) is 0 Å². The Bertz CT molecular complexity index is 680. The summed E-state index contributed by atoms with van der Waals surface area (Å²) in [6.07, 6.45) is 3.77. The van der Waals surface area contributed by atoms with Crippen molar-refractivity contribution in [2.24, 2.45) is 0 Å². The summed E-state index contributed by atoms with van der Waals surface area (Å²) in [5, 5.41) is 0. The fourth-order valence-electron chi connectivity index (χ4n) is 2.03. The smallest absolute Gasteiger partial charge is 0.326 e. The van der Waals surface area contributed by atoms with Crippen LogP contribution < -0.4 is 0 Å². The molecule has 0 aromatic heterocycles. The van der Waals surface area contributed by atoms with Gasteiger partial charge in [0.1, 0.15) is 10.9 Å². The van der Waals surface area contributed by atoms with E-state index in [0.717, 1.165) is 11.1 Å². The molecular formula is C17H17NO3S2. The lowest BCUT2D eigenvalue weighted by atomic mass is 10.1. The molecule has 0 saturated carbocycles. The van der Waals surface area contributed by atoms with Gasteiger partial charge in [-0.15, -0.1) is 0 Å². The number of allylic oxidation sites excluding steroid dienone is 2. The first-order valence-electron chi connectivity index (χ1n) is 7.15. The van der Waals surface area contributed by atoms with Gasteiger partial charge in [-0.05, 0) is 31.1 Å². The summed E-state index contributed by atoms with van der Waals surface area (Å²) in [4.78, 5) is 25.7. The topological polar surface area (TPSA) is 46.6 Å². The SMILES string of the molecule is CCOC(=O)CN1C(=O)/C(=C/C(C)=C/c2ccccc2)SC1=S. The van der Waals surface area contributed by atoms with Crippen LogP contribution in [-0.2, 0) is 14.3 Å². The van der Waals surface area contributed by atoms with Gasteiger partial charge in [-0.25, -0.2) is 0 Å². The van der Waals surface area contributed by atoms with E-state index in [1.165, 1.54) is 16.7 Å². The van der Waals surface area contributed by atoms with Crippen molar-refractivity contribution >= 4 is 46.3 Å². The molecule has 1 heterocycles. The number of rotatable bonds is 5. The van der Waals surface area contributed by atoms with Crippen LogP contribution in [0.5, 0.6) is 0 Å². The molecular weight excluding hydrogens is 330 g/mol. The minimum Gasteiger partial charge on any atom is -0.465 e. The highest BCUT2D eigenvalue weighted by Gasteiger charge is 2.33. The van der Waals surface area contributed by atoms with Crippen LogP contribution in [0.25, 0.3) is 6.08 Å². The fourth-order valence-corrected chi connectivity index (χ4v) is 3.34. The van der Waals surface area contributed by atoms with E-state index in [2.05, 4.69) is 0 Å². The number of esters is 1. The first-order chi connectivity index (χ1) is 11.0. The molecule has 1 aromatic rings. The molecule has 23 heavy (non-hydrogen) atoms. The van der Waals surface area contributed by atoms with Gasteiger partial charge in [0.25, 0.3) is 5.91 Å². The lowest BCUT2D eigenvalue weighted by Gasteiger charge is -2.12. The van der Waals surface area contributed by atoms with Crippen molar-refractivity contribution in [1.82, 2.24) is 4.90 Å². The quantitative estimate of drug-likeness (QED) is 0.464. The highest BCUT2D eigenvalue weighted by Crippen LogP contribution is 2.31. The van der Waals surface area contributed by atoms with Gasteiger partial charge in [-0.1, -0.05) is 60.4 Å². The van der Waals surface area contributed by atoms with Crippen LogP contribution in [0.2, 0.25) is 0 Å². The summed E-state index contributed by atoms with van der Waals surface area (Å²) >= 11 is 6.38. The molecule has 1 aliphatic rings. The molecule has 0 bridgehead atoms. The van der Waals surface area contributed by atoms with Crippen LogP contribution >= 0.6 is 24.0 Å². The van der Waals surface area contributed by atoms with E-state index in [-0.39, 0.29) is 19.1 Å². The van der Waals surface area contributed by atoms with E-state index < -0.39 is 5.97 Å². The normalized spacial score (nSPS) is 17.0. The van der Waals surface area contributed by atoms with Crippen molar-refractivity contribution in [2.45, 2.75) is 13.8 Å². The summed E-state index contributed by atoms with van der Waals surface area (Å²) in [5.74, 6) is -0.713. The molecule has 0 radical (unpaired) electrons. The highest BCUT2D eigenvalue weighted by atomic mass is 32.2. The van der Waals surface area contributed by atoms with Crippen LogP contribution in [0.3, 0.4) is 0 Å². The molecule has 2 rings (SSSR count). The number of carbonyl (C=O) groups is 2. The number of hydrogen-bond donors (Lipinski definition) is 0. The third-order valence-corrected chi connectivity index (χ3v) is 4.40. The van der Waals surface area contributed by atoms with Crippen LogP contribution in [0, 0.1) is 0 Å². The zero-order valence-electron chi connectivity index (χ0n) is 12.9. The Balaban J connectivity index is 2.12. The Morgan fingerprint density at radius 1 is 1.35 bits per heavy atom. The third kappa shape index (κ3) is 4.77. The number of amides is 1. The number of carbonyl (C=O) groups excluding carboxylic acids is 2. The Hall–Kier alpha value is -1.92. The molecule has 0 atom stereocenters. The van der Waals surface area contributed by atoms with E-state index in [9.17, 15) is 9.59 Å². The van der Waals surface area contributed by atoms with Crippen LogP contribution in [-0.4, -0.2) is 34.2 Å². The molecule has 0 N–H and O–H groups in total. The summed E-state index contributed by atoms with van der Waals surface area (Å²) in [6, 6.07) is 9.84. The monoisotopic (exact) mass is 347 g/mol. The fraction of sp³-hybridized carbons (Fsp3) is 0.235. The Morgan fingerprint density at radius 2 is 2.04 bits per heavy atom. The van der Waals surface area contributed by atoms with Crippen LogP contribution in [0.1, 0.15) is 19.4 Å². The lowest BCUT2D eigenvalue weighted by molar-refractivity contribution is -0.145. The Labute approximate surface area is 145 Å². The molecule has 1 saturated heterocycles. The standard InChI is InChI=1S/C17H17NO3S2/c1-3-21-15(19)11-18-16(20)14(23-17(18)22)10-12(2)9-13-7-5-4-6-8-13/h4-10H,3,11H2,1-2H3/b12-9+,14-10-. The van der Waals surface area contributed by atoms with E-state index in [1.807, 2.05) is 43.3 Å². The van der Waals surface area contributed by atoms with Crippen LogP contribution in [0.4, 0.5) is 0 Å². The summed E-state index contributed by atoms with van der Waals surface area (Å²) in [6.45, 7) is 3.78. The summed E-state index contributed by atoms with van der Waals surface area (Å²) in [7, 11) is 0. The number of thiocarbonyl (C=S) groups is 1. The summed E-state index contributed by atoms with van der Waals surface area (Å²) < 4.78 is 5.24. The number of benzene rings is 1. The zero-order valence-corrected chi connectivity index (χ0v) is 14.6. The van der Waals surface area contributed by atoms with Gasteiger partial charge in [-0.3, -0.25) is 14.5 Å². The van der Waals surface area contributed by atoms with Crippen molar-refractivity contribution in [3.63, 3.8) is 0 Å². The van der Waals surface area contributed by atoms with Gasteiger partial charge in [0.2, 0.25) is 0 Å². The zero-order chi connectivity index (χ0) is 16.8. The van der Waals surface area contributed by atoms with Crippen molar-refractivity contribution in [3.05, 3.63) is 52.4 Å². The van der Waals surface area contributed by atoms with Gasteiger partial charge in [0.05, 0.1) is 11.5 Å². The van der Waals surface area contributed by atoms with Crippen molar-refractivity contribution in [2.75, 3.05) is 13.2 Å². The predicted octanol–water partition coefficient (Wildman–Crippen LogP) is 3.40. The minimum atomic E-state index is -0.457. The van der Waals surface area contributed by atoms with Crippen molar-refractivity contribution in [3.8, 4) is 0 Å². The van der Waals surface area contributed by atoms with Gasteiger partial charge in [0.15, 0.2) is 0 Å². The van der Waals surface area contributed by atoms with Crippen LogP contribution in [0.15, 0.2) is 46.9 Å². The first-order valence-corrected chi connectivity index (χ1v) is 8.38. The number of hydrogen-bond acceptors (Lipinski definition) is 5. The third-order valence-electron chi connectivity index (χ3n) is 3.02. The average Bonchev–Trinajstić information content (AvgIpc) is 2.76. The summed E-state index contributed by atoms with van der Waals surface area (Å²) in [5.41, 5.74) is 2.00. The van der Waals surface area contributed by atoms with E-state index in [0.29, 0.717) is 9.23 Å². The Morgan fingerprint density at radius 3 is 2.70 bits per heavy atom. The number of thioether (sulfide) groups is 1. The molecule has 0 aliphatic carbocycles. The predicted molar refractivity (Wildman–Crippen MR) is 96.7 cm³/mol. The molecule has 0 spiro atoms. The Kier molecular flexibility index (Phi) is 6.12. The maximum atomic E-state index is 12.4. The first kappa shape index (κ1) is 17.4. The van der Waals surface area contributed by atoms with E-state index >= 15 is 0 Å². The molecule has 120 valence electrons. The highest BCUT2D eigenvalue weighted by molar-refractivity contribution is 8.26. The van der Waals surface area contributed by atoms with Gasteiger partial charge < -0.3 is 4.74 Å². The second kappa shape index (κ2) is 8.08. The number of nitrogens with zero attached hydrogens (tertiary/aromatic N) is 1. The van der Waals surface area contributed by atoms with E-state index in [1.54, 1.807) is 13.0 Å². The van der Waals surface area contributed by atoms with Gasteiger partial charge in [0, 0.05) is 0 Å². The maximum Gasteiger partial charge on any atom is 0.326 e. The molecule has 1 aromatic carbocycles. The number of ether oxygens (including phenoxy) is 1. The van der Waals surface area contributed by atoms with Gasteiger partial charge >= 0.3 is 5.97 Å². The van der Waals surface area contributed by atoms with Crippen molar-refractivity contribution < 1.29 is 14.3 Å². The molecule has 6 heteroatoms. The molecule has 1 amide bonds. The molecule has 4 nitrogen and oxygen atoms in total. The molecule has 0 unspecified atom stereocenters. The average molecular weight is 347 g/mol. The second-order valence-corrected chi connectivity index (χ2v) is 6.55. The lowest BCUT2D eigenvalue weighted by Crippen LogP contribution is -2.34. The molecule has 1 fully saturated rings. The van der Waals surface area contributed by atoms with Crippen molar-refractivity contribution in [1.29, 1.82) is 0 Å². The molecule has 1 aliphatic heterocycles. The minimum absolute atomic E-state index is 0.142. The largest absolute Gasteiger partial charge is 0.465 e. The maximum absolute atomic E-state index is 12.4. The van der Waals surface area contributed by atoms with E-state index in [4.69, 9.17) is 17.0 Å². The second-order valence-electron chi connectivity index (χ2n) is 4.87.